The van der Waals surface area contributed by atoms with Crippen molar-refractivity contribution in [2.45, 2.75) is 20.4 Å². The predicted molar refractivity (Wildman–Crippen MR) is 65.9 cm³/mol. The summed E-state index contributed by atoms with van der Waals surface area (Å²) in [7, 11) is 4.13. The first-order chi connectivity index (χ1) is 6.83. The normalized spacial score (nSPS) is 9.79. The number of rotatable bonds is 5. The van der Waals surface area contributed by atoms with Crippen LogP contribution in [0, 0.1) is 0 Å². The molecule has 0 aliphatic carbocycles. The molecule has 0 aliphatic heterocycles. The van der Waals surface area contributed by atoms with Crippen LogP contribution in [0.3, 0.4) is 0 Å². The molecular formula is C11H22N2S. The molecule has 0 spiro atoms. The van der Waals surface area contributed by atoms with E-state index in [9.17, 15) is 0 Å². The molecule has 0 saturated carbocycles. The summed E-state index contributed by atoms with van der Waals surface area (Å²) in [5.41, 5.74) is 0. The Hall–Kier alpha value is -0.380. The van der Waals surface area contributed by atoms with E-state index in [0.29, 0.717) is 0 Å². The molecule has 0 aliphatic rings. The molecule has 0 aromatic carbocycles. The van der Waals surface area contributed by atoms with Gasteiger partial charge in [-0.25, -0.2) is 0 Å². The molecule has 1 heterocycles. The Morgan fingerprint density at radius 3 is 2.64 bits per heavy atom. The first-order valence-electron chi connectivity index (χ1n) is 5.18. The topological polar surface area (TPSA) is 15.3 Å². The maximum atomic E-state index is 3.14. The van der Waals surface area contributed by atoms with Crippen molar-refractivity contribution in [2.24, 2.45) is 0 Å². The van der Waals surface area contributed by atoms with E-state index in [1.54, 1.807) is 0 Å². The molecular weight excluding hydrogens is 192 g/mol. The molecule has 0 atom stereocenters. The monoisotopic (exact) mass is 214 g/mol. The van der Waals surface area contributed by atoms with Gasteiger partial charge in [0.2, 0.25) is 0 Å². The Bertz CT molecular complexity index is 197. The predicted octanol–water partition coefficient (Wildman–Crippen LogP) is 2.43. The van der Waals surface area contributed by atoms with Gasteiger partial charge >= 0.3 is 0 Å². The minimum Gasteiger partial charge on any atom is -0.318 e. The van der Waals surface area contributed by atoms with Gasteiger partial charge in [0.1, 0.15) is 0 Å². The fourth-order valence-electron chi connectivity index (χ4n) is 1.05. The van der Waals surface area contributed by atoms with Crippen LogP contribution in [0.1, 0.15) is 18.7 Å². The molecule has 0 fully saturated rings. The van der Waals surface area contributed by atoms with E-state index in [1.807, 2.05) is 32.2 Å². The zero-order chi connectivity index (χ0) is 10.8. The van der Waals surface area contributed by atoms with E-state index in [1.165, 1.54) is 4.88 Å². The Kier molecular flexibility index (Phi) is 8.94. The largest absolute Gasteiger partial charge is 0.318 e. The highest BCUT2D eigenvalue weighted by Crippen LogP contribution is 2.09. The average Bonchev–Trinajstić information content (AvgIpc) is 2.70. The van der Waals surface area contributed by atoms with Gasteiger partial charge in [-0.3, -0.25) is 0 Å². The van der Waals surface area contributed by atoms with Gasteiger partial charge in [-0.2, -0.15) is 0 Å². The first kappa shape index (κ1) is 13.6. The van der Waals surface area contributed by atoms with Crippen molar-refractivity contribution in [2.75, 3.05) is 27.2 Å². The Morgan fingerprint density at radius 2 is 2.14 bits per heavy atom. The Morgan fingerprint density at radius 1 is 1.43 bits per heavy atom. The van der Waals surface area contributed by atoms with E-state index in [-0.39, 0.29) is 0 Å². The molecule has 0 amide bonds. The molecule has 82 valence electrons. The summed E-state index contributed by atoms with van der Waals surface area (Å²) >= 11 is 1.82. The Labute approximate surface area is 91.9 Å². The molecule has 14 heavy (non-hydrogen) atoms. The Balaban J connectivity index is 0.000000791. The van der Waals surface area contributed by atoms with Crippen LogP contribution < -0.4 is 5.32 Å². The van der Waals surface area contributed by atoms with Gasteiger partial charge in [0, 0.05) is 24.5 Å². The van der Waals surface area contributed by atoms with Crippen molar-refractivity contribution in [3.05, 3.63) is 22.4 Å². The second kappa shape index (κ2) is 9.19. The fourth-order valence-corrected chi connectivity index (χ4v) is 1.83. The zero-order valence-electron chi connectivity index (χ0n) is 9.71. The van der Waals surface area contributed by atoms with Crippen molar-refractivity contribution in [3.63, 3.8) is 0 Å². The molecule has 3 heteroatoms. The smallest absolute Gasteiger partial charge is 0.0325 e. The molecule has 2 nitrogen and oxygen atoms in total. The van der Waals surface area contributed by atoms with Crippen molar-refractivity contribution >= 4 is 11.3 Å². The van der Waals surface area contributed by atoms with Gasteiger partial charge in [-0.1, -0.05) is 19.9 Å². The molecule has 1 N–H and O–H groups in total. The van der Waals surface area contributed by atoms with E-state index < -0.39 is 0 Å². The van der Waals surface area contributed by atoms with Crippen molar-refractivity contribution < 1.29 is 0 Å². The molecule has 0 saturated heterocycles. The van der Waals surface area contributed by atoms with Crippen LogP contribution in [0.2, 0.25) is 0 Å². The van der Waals surface area contributed by atoms with E-state index in [0.717, 1.165) is 19.6 Å². The summed E-state index contributed by atoms with van der Waals surface area (Å²) < 4.78 is 0. The van der Waals surface area contributed by atoms with Gasteiger partial charge in [-0.05, 0) is 25.5 Å². The van der Waals surface area contributed by atoms with Crippen LogP contribution in [0.25, 0.3) is 0 Å². The van der Waals surface area contributed by atoms with Crippen molar-refractivity contribution in [1.82, 2.24) is 10.2 Å². The third kappa shape index (κ3) is 6.13. The maximum Gasteiger partial charge on any atom is 0.0325 e. The third-order valence-corrected chi connectivity index (χ3v) is 2.61. The number of nitrogens with one attached hydrogen (secondary N) is 1. The van der Waals surface area contributed by atoms with Gasteiger partial charge in [0.15, 0.2) is 0 Å². The molecule has 1 aromatic heterocycles. The zero-order valence-corrected chi connectivity index (χ0v) is 10.5. The molecule has 1 rings (SSSR count). The van der Waals surface area contributed by atoms with E-state index in [4.69, 9.17) is 0 Å². The third-order valence-electron chi connectivity index (χ3n) is 1.75. The standard InChI is InChI=1S/C9H16N2S.C2H6/c1-10-5-6-11(2)8-9-4-3-7-12-9;1-2/h3-4,7,10H,5-6,8H2,1-2H3;1-2H3. The summed E-state index contributed by atoms with van der Waals surface area (Å²) in [6.45, 7) is 7.23. The van der Waals surface area contributed by atoms with Crippen LogP contribution in [-0.4, -0.2) is 32.1 Å². The average molecular weight is 214 g/mol. The van der Waals surface area contributed by atoms with Crippen LogP contribution in [0.4, 0.5) is 0 Å². The first-order valence-corrected chi connectivity index (χ1v) is 6.06. The second-order valence-electron chi connectivity index (χ2n) is 2.92. The number of thiophene rings is 1. The van der Waals surface area contributed by atoms with Crippen molar-refractivity contribution in [3.8, 4) is 0 Å². The fraction of sp³-hybridized carbons (Fsp3) is 0.636. The lowest BCUT2D eigenvalue weighted by molar-refractivity contribution is 0.331. The van der Waals surface area contributed by atoms with Gasteiger partial charge in [-0.15, -0.1) is 11.3 Å². The summed E-state index contributed by atoms with van der Waals surface area (Å²) in [4.78, 5) is 3.76. The quantitative estimate of drug-likeness (QED) is 0.810. The van der Waals surface area contributed by atoms with Crippen LogP contribution in [0.15, 0.2) is 17.5 Å². The van der Waals surface area contributed by atoms with Crippen molar-refractivity contribution in [1.29, 1.82) is 0 Å². The lowest BCUT2D eigenvalue weighted by atomic mass is 10.4. The highest BCUT2D eigenvalue weighted by Gasteiger charge is 1.98. The highest BCUT2D eigenvalue weighted by molar-refractivity contribution is 7.09. The minimum absolute atomic E-state index is 1.06. The van der Waals surface area contributed by atoms with Gasteiger partial charge in [0.05, 0.1) is 0 Å². The summed E-state index contributed by atoms with van der Waals surface area (Å²) in [5, 5.41) is 5.27. The minimum atomic E-state index is 1.06. The van der Waals surface area contributed by atoms with Crippen LogP contribution in [-0.2, 0) is 6.54 Å². The van der Waals surface area contributed by atoms with Gasteiger partial charge in [0.25, 0.3) is 0 Å². The number of hydrogen-bond acceptors (Lipinski definition) is 3. The number of hydrogen-bond donors (Lipinski definition) is 1. The maximum absolute atomic E-state index is 3.14. The molecule has 0 bridgehead atoms. The van der Waals surface area contributed by atoms with Crippen LogP contribution >= 0.6 is 11.3 Å². The van der Waals surface area contributed by atoms with E-state index >= 15 is 0 Å². The highest BCUT2D eigenvalue weighted by atomic mass is 32.1. The lowest BCUT2D eigenvalue weighted by Crippen LogP contribution is -2.26. The molecule has 0 unspecified atom stereocenters. The SMILES string of the molecule is CC.CNCCN(C)Cc1cccs1. The van der Waals surface area contributed by atoms with E-state index in [2.05, 4.69) is 34.8 Å². The van der Waals surface area contributed by atoms with Gasteiger partial charge < -0.3 is 10.2 Å². The lowest BCUT2D eigenvalue weighted by Gasteiger charge is -2.14. The summed E-state index contributed by atoms with van der Waals surface area (Å²) in [5.74, 6) is 0. The molecule has 0 radical (unpaired) electrons. The summed E-state index contributed by atoms with van der Waals surface area (Å²) in [6.07, 6.45) is 0. The summed E-state index contributed by atoms with van der Waals surface area (Å²) in [6, 6.07) is 4.28. The second-order valence-corrected chi connectivity index (χ2v) is 3.95. The molecule has 1 aromatic rings. The number of likely N-dealkylation sites (N-methyl/N-ethyl adjacent to an activating group) is 2. The number of nitrogens with zero attached hydrogens (tertiary/aromatic N) is 1. The van der Waals surface area contributed by atoms with Crippen LogP contribution in [0.5, 0.6) is 0 Å².